The van der Waals surface area contributed by atoms with Gasteiger partial charge in [-0.25, -0.2) is 0 Å². The van der Waals surface area contributed by atoms with Crippen LogP contribution in [0.1, 0.15) is 28.6 Å². The molecule has 0 aliphatic carbocycles. The summed E-state index contributed by atoms with van der Waals surface area (Å²) >= 11 is 0.733. The molecule has 0 fully saturated rings. The van der Waals surface area contributed by atoms with Crippen molar-refractivity contribution in [2.24, 2.45) is 4.99 Å². The number of aliphatic imine (C=N–C) groups is 1. The van der Waals surface area contributed by atoms with Crippen molar-refractivity contribution in [1.29, 1.82) is 0 Å². The van der Waals surface area contributed by atoms with Crippen LogP contribution in [0.4, 0.5) is 15.1 Å². The maximum atomic E-state index is 12.3. The van der Waals surface area contributed by atoms with Gasteiger partial charge in [-0.1, -0.05) is 0 Å². The van der Waals surface area contributed by atoms with Gasteiger partial charge in [-0.15, -0.1) is 0 Å². The van der Waals surface area contributed by atoms with Crippen molar-refractivity contribution in [3.8, 4) is 0 Å². The van der Waals surface area contributed by atoms with Gasteiger partial charge in [0.15, 0.2) is 0 Å². The molecule has 5 nitrogen and oxygen atoms in total. The third-order valence-electron chi connectivity index (χ3n) is 5.65. The summed E-state index contributed by atoms with van der Waals surface area (Å²) in [5.74, 6) is -0.849. The fraction of sp³-hybridized carbons (Fsp3) is 0.125. The molecule has 2 aliphatic rings. The molecule has 0 atom stereocenters. The SMILES string of the molecule is CC1(C)c2ccccc2N(c2ccc(/C=C3/C(=O)N=C([Te])NC3=O)[te]2)c2ccccc21. The molecule has 5 rings (SSSR count). The van der Waals surface area contributed by atoms with Gasteiger partial charge >= 0.3 is 205 Å². The second kappa shape index (κ2) is 7.76. The summed E-state index contributed by atoms with van der Waals surface area (Å²) in [6.07, 6.45) is 1.71. The number of hydrogen-bond donors (Lipinski definition) is 1. The maximum absolute atomic E-state index is 12.3. The predicted molar refractivity (Wildman–Crippen MR) is 125 cm³/mol. The van der Waals surface area contributed by atoms with E-state index in [0.29, 0.717) is 3.88 Å². The Labute approximate surface area is 203 Å². The molecule has 7 heteroatoms. The normalized spacial score (nSPS) is 18.3. The van der Waals surface area contributed by atoms with Crippen molar-refractivity contribution < 1.29 is 9.59 Å². The van der Waals surface area contributed by atoms with Crippen LogP contribution in [0.5, 0.6) is 0 Å². The monoisotopic (exact) mass is 640 g/mol. The number of anilines is 3. The standard InChI is InChI=1S/C24H18N3O2Te2/c1-24(2)16-7-3-5-9-18(16)27(19-10-6-4-8-17(19)24)20-12-11-14(31-20)13-15-21(28)25-23(30)26-22(15)29/h3-13H,1-2H3,(H,25,26,28,29). The third kappa shape index (κ3) is 3.51. The fourth-order valence-electron chi connectivity index (χ4n) is 4.16. The Kier molecular flexibility index (Phi) is 5.19. The van der Waals surface area contributed by atoms with E-state index < -0.39 is 26.3 Å². The number of hydrogen-bond acceptors (Lipinski definition) is 3. The molecular formula is C24H18N3O2Te2. The summed E-state index contributed by atoms with van der Waals surface area (Å²) in [4.78, 5) is 30.7. The van der Waals surface area contributed by atoms with Crippen molar-refractivity contribution in [3.63, 3.8) is 0 Å². The van der Waals surface area contributed by atoms with Gasteiger partial charge < -0.3 is 0 Å². The second-order valence-electron chi connectivity index (χ2n) is 7.90. The minimum atomic E-state index is -0.803. The summed E-state index contributed by atoms with van der Waals surface area (Å²) in [5, 5.41) is 2.63. The van der Waals surface area contributed by atoms with Crippen molar-refractivity contribution in [2.75, 3.05) is 4.90 Å². The molecule has 0 bridgehead atoms. The topological polar surface area (TPSA) is 61.8 Å². The quantitative estimate of drug-likeness (QED) is 0.267. The van der Waals surface area contributed by atoms with Gasteiger partial charge in [0.1, 0.15) is 0 Å². The number of rotatable bonds is 2. The van der Waals surface area contributed by atoms with Crippen molar-refractivity contribution in [1.82, 2.24) is 5.32 Å². The fourth-order valence-corrected chi connectivity index (χ4v) is 7.45. The average molecular weight is 636 g/mol. The van der Waals surface area contributed by atoms with Gasteiger partial charge in [0.25, 0.3) is 0 Å². The molecule has 2 amide bonds. The van der Waals surface area contributed by atoms with Crippen LogP contribution < -0.4 is 10.2 Å². The molecule has 0 spiro atoms. The number of carbonyl (C=O) groups excluding carboxylic acids is 2. The molecule has 2 aromatic carbocycles. The van der Waals surface area contributed by atoms with E-state index in [0.717, 1.165) is 3.58 Å². The first kappa shape index (κ1) is 20.7. The number of fused-ring (bicyclic) bond motifs is 2. The average Bonchev–Trinajstić information content (AvgIpc) is 3.19. The summed E-state index contributed by atoms with van der Waals surface area (Å²) in [5.41, 5.74) is 4.99. The van der Waals surface area contributed by atoms with Gasteiger partial charge in [-0.3, -0.25) is 0 Å². The number of amides is 2. The number of nitrogens with one attached hydrogen (secondary N) is 1. The van der Waals surface area contributed by atoms with E-state index in [1.165, 1.54) is 48.5 Å². The molecule has 1 radical (unpaired) electrons. The van der Waals surface area contributed by atoms with Crippen LogP contribution in [0.25, 0.3) is 6.08 Å². The van der Waals surface area contributed by atoms with Crippen LogP contribution in [0.3, 0.4) is 0 Å². The summed E-state index contributed by atoms with van der Waals surface area (Å²) < 4.78 is 2.62. The molecule has 153 valence electrons. The Morgan fingerprint density at radius 1 is 0.968 bits per heavy atom. The van der Waals surface area contributed by atoms with E-state index in [9.17, 15) is 9.59 Å². The number of benzene rings is 2. The van der Waals surface area contributed by atoms with Crippen LogP contribution in [-0.2, 0) is 15.0 Å². The molecule has 31 heavy (non-hydrogen) atoms. The summed E-state index contributed by atoms with van der Waals surface area (Å²) in [6.45, 7) is 4.54. The Morgan fingerprint density at radius 3 is 2.19 bits per heavy atom. The zero-order valence-electron chi connectivity index (χ0n) is 16.9. The van der Waals surface area contributed by atoms with Gasteiger partial charge in [-0.2, -0.15) is 0 Å². The van der Waals surface area contributed by atoms with Crippen molar-refractivity contribution in [2.45, 2.75) is 19.3 Å². The van der Waals surface area contributed by atoms with Gasteiger partial charge in [-0.05, 0) is 0 Å². The van der Waals surface area contributed by atoms with E-state index >= 15 is 0 Å². The molecule has 3 heterocycles. The van der Waals surface area contributed by atoms with Crippen LogP contribution in [0.2, 0.25) is 0 Å². The molecule has 2 aliphatic heterocycles. The Bertz CT molecular complexity index is 1250. The van der Waals surface area contributed by atoms with Crippen LogP contribution in [0, 0.1) is 0 Å². The molecular weight excluding hydrogens is 617 g/mol. The first-order chi connectivity index (χ1) is 14.9. The minimum absolute atomic E-state index is 0.0929. The Balaban J connectivity index is 1.62. The molecule has 1 aromatic heterocycles. The van der Waals surface area contributed by atoms with Gasteiger partial charge in [0, 0.05) is 0 Å². The predicted octanol–water partition coefficient (Wildman–Crippen LogP) is 3.42. The van der Waals surface area contributed by atoms with Crippen LogP contribution in [-0.4, -0.2) is 58.4 Å². The van der Waals surface area contributed by atoms with E-state index in [1.54, 1.807) is 6.08 Å². The van der Waals surface area contributed by atoms with Gasteiger partial charge in [0.05, 0.1) is 0 Å². The number of nitrogens with zero attached hydrogens (tertiary/aromatic N) is 2. The van der Waals surface area contributed by atoms with E-state index in [1.807, 2.05) is 6.07 Å². The molecule has 1 N–H and O–H groups in total. The molecule has 0 saturated carbocycles. The summed E-state index contributed by atoms with van der Waals surface area (Å²) in [7, 11) is 0. The van der Waals surface area contributed by atoms with Crippen molar-refractivity contribution in [3.05, 3.63) is 80.9 Å². The van der Waals surface area contributed by atoms with E-state index in [2.05, 4.69) is 83.7 Å². The Morgan fingerprint density at radius 2 is 1.58 bits per heavy atom. The van der Waals surface area contributed by atoms with Crippen molar-refractivity contribution >= 4 is 79.6 Å². The number of para-hydroxylation sites is 2. The van der Waals surface area contributed by atoms with E-state index in [4.69, 9.17) is 0 Å². The molecule has 3 aromatic rings. The van der Waals surface area contributed by atoms with Gasteiger partial charge in [0.2, 0.25) is 0 Å². The first-order valence-corrected chi connectivity index (χ1v) is 13.3. The number of carbonyl (C=O) groups is 2. The first-order valence-electron chi connectivity index (χ1n) is 9.78. The molecule has 0 saturated heterocycles. The summed E-state index contributed by atoms with van der Waals surface area (Å²) in [6, 6.07) is 21.3. The van der Waals surface area contributed by atoms with Crippen LogP contribution >= 0.6 is 0 Å². The van der Waals surface area contributed by atoms with E-state index in [-0.39, 0.29) is 16.9 Å². The number of amidine groups is 1. The van der Waals surface area contributed by atoms with Crippen LogP contribution in [0.15, 0.2) is 71.2 Å². The zero-order chi connectivity index (χ0) is 21.8. The zero-order valence-corrected chi connectivity index (χ0v) is 21.5. The Hall–Kier alpha value is -2.15. The third-order valence-corrected chi connectivity index (χ3v) is 9.11. The second-order valence-corrected chi connectivity index (χ2v) is 12.1. The molecule has 0 unspecified atom stereocenters.